The first kappa shape index (κ1) is 15.6. The summed E-state index contributed by atoms with van der Waals surface area (Å²) in [5.41, 5.74) is 1.24. The van der Waals surface area contributed by atoms with Gasteiger partial charge in [-0.05, 0) is 38.2 Å². The minimum atomic E-state index is 0.811. The Hall–Kier alpha value is -0.810. The fourth-order valence-corrected chi connectivity index (χ4v) is 3.23. The molecule has 0 atom stereocenters. The molecular formula is C15H21ClN2OS. The largest absolute Gasteiger partial charge is 0.468 e. The van der Waals surface area contributed by atoms with Crippen LogP contribution in [-0.4, -0.2) is 18.5 Å². The lowest BCUT2D eigenvalue weighted by Crippen LogP contribution is -2.19. The molecule has 0 aromatic carbocycles. The topological polar surface area (TPSA) is 28.4 Å². The number of nitrogens with one attached hydrogen (secondary N) is 1. The monoisotopic (exact) mass is 312 g/mol. The molecule has 0 spiro atoms. The van der Waals surface area contributed by atoms with E-state index < -0.39 is 0 Å². The van der Waals surface area contributed by atoms with Gasteiger partial charge in [0.05, 0.1) is 17.1 Å². The van der Waals surface area contributed by atoms with Gasteiger partial charge >= 0.3 is 0 Å². The van der Waals surface area contributed by atoms with E-state index in [1.165, 1.54) is 10.4 Å². The van der Waals surface area contributed by atoms with Crippen LogP contribution in [0.1, 0.15) is 29.5 Å². The Morgan fingerprint density at radius 1 is 1.30 bits per heavy atom. The molecule has 2 heterocycles. The normalized spacial score (nSPS) is 11.4. The molecule has 0 fully saturated rings. The van der Waals surface area contributed by atoms with Gasteiger partial charge < -0.3 is 9.73 Å². The smallest absolute Gasteiger partial charge is 0.122 e. The Kier molecular flexibility index (Phi) is 6.10. The van der Waals surface area contributed by atoms with Gasteiger partial charge in [0.15, 0.2) is 0 Å². The highest BCUT2D eigenvalue weighted by atomic mass is 35.5. The Labute approximate surface area is 129 Å². The van der Waals surface area contributed by atoms with Crippen molar-refractivity contribution in [2.45, 2.75) is 33.0 Å². The molecule has 0 bridgehead atoms. The predicted octanol–water partition coefficient (Wildman–Crippen LogP) is 4.13. The van der Waals surface area contributed by atoms with Crippen LogP contribution in [0.2, 0.25) is 4.34 Å². The molecule has 0 saturated heterocycles. The van der Waals surface area contributed by atoms with E-state index in [9.17, 15) is 0 Å². The summed E-state index contributed by atoms with van der Waals surface area (Å²) in [6, 6.07) is 6.07. The summed E-state index contributed by atoms with van der Waals surface area (Å²) in [5.74, 6) is 1.04. The molecular weight excluding hydrogens is 292 g/mol. The van der Waals surface area contributed by atoms with Gasteiger partial charge in [0.25, 0.3) is 0 Å². The molecule has 2 rings (SSSR count). The van der Waals surface area contributed by atoms with Gasteiger partial charge in [-0.25, -0.2) is 0 Å². The Bertz CT molecular complexity index is 523. The van der Waals surface area contributed by atoms with Crippen molar-refractivity contribution < 1.29 is 4.42 Å². The highest BCUT2D eigenvalue weighted by Crippen LogP contribution is 2.23. The average molecular weight is 313 g/mol. The summed E-state index contributed by atoms with van der Waals surface area (Å²) in [7, 11) is 2.10. The maximum Gasteiger partial charge on any atom is 0.122 e. The highest BCUT2D eigenvalue weighted by molar-refractivity contribution is 7.16. The second kappa shape index (κ2) is 7.84. The number of furan rings is 1. The van der Waals surface area contributed by atoms with E-state index in [4.69, 9.17) is 16.0 Å². The third-order valence-electron chi connectivity index (χ3n) is 3.05. The molecule has 3 nitrogen and oxygen atoms in total. The predicted molar refractivity (Wildman–Crippen MR) is 85.2 cm³/mol. The van der Waals surface area contributed by atoms with Crippen molar-refractivity contribution in [3.05, 3.63) is 45.0 Å². The van der Waals surface area contributed by atoms with Gasteiger partial charge in [-0.3, -0.25) is 4.90 Å². The molecule has 0 aliphatic heterocycles. The first-order valence-corrected chi connectivity index (χ1v) is 8.07. The third-order valence-corrected chi connectivity index (χ3v) is 4.26. The van der Waals surface area contributed by atoms with Crippen molar-refractivity contribution in [1.29, 1.82) is 0 Å². The zero-order valence-electron chi connectivity index (χ0n) is 12.0. The van der Waals surface area contributed by atoms with Crippen molar-refractivity contribution in [3.8, 4) is 0 Å². The van der Waals surface area contributed by atoms with E-state index in [0.29, 0.717) is 0 Å². The molecule has 20 heavy (non-hydrogen) atoms. The van der Waals surface area contributed by atoms with Gasteiger partial charge in [0.1, 0.15) is 5.76 Å². The van der Waals surface area contributed by atoms with E-state index in [0.717, 1.165) is 42.7 Å². The lowest BCUT2D eigenvalue weighted by molar-refractivity contribution is 0.288. The molecule has 0 unspecified atom stereocenters. The second-order valence-corrected chi connectivity index (χ2v) is 6.72. The lowest BCUT2D eigenvalue weighted by Gasteiger charge is -2.15. The molecule has 0 radical (unpaired) electrons. The van der Waals surface area contributed by atoms with Gasteiger partial charge in [-0.1, -0.05) is 18.5 Å². The zero-order chi connectivity index (χ0) is 14.4. The minimum absolute atomic E-state index is 0.811. The van der Waals surface area contributed by atoms with E-state index in [1.54, 1.807) is 17.6 Å². The van der Waals surface area contributed by atoms with Crippen LogP contribution in [0, 0.1) is 0 Å². The van der Waals surface area contributed by atoms with Gasteiger partial charge in [-0.15, -0.1) is 11.3 Å². The Balaban J connectivity index is 1.87. The Morgan fingerprint density at radius 2 is 2.15 bits per heavy atom. The lowest BCUT2D eigenvalue weighted by atomic mass is 10.2. The Morgan fingerprint density at radius 3 is 2.85 bits per heavy atom. The van der Waals surface area contributed by atoms with E-state index >= 15 is 0 Å². The molecule has 5 heteroatoms. The first-order chi connectivity index (χ1) is 9.69. The SMILES string of the molecule is CCCNCc1ccoc1CN(C)Cc1ccc(Cl)s1. The number of hydrogen-bond donors (Lipinski definition) is 1. The van der Waals surface area contributed by atoms with Crippen LogP contribution in [0.5, 0.6) is 0 Å². The summed E-state index contributed by atoms with van der Waals surface area (Å²) >= 11 is 7.59. The van der Waals surface area contributed by atoms with Crippen LogP contribution in [0.3, 0.4) is 0 Å². The van der Waals surface area contributed by atoms with Crippen molar-refractivity contribution in [1.82, 2.24) is 10.2 Å². The first-order valence-electron chi connectivity index (χ1n) is 6.87. The standard InChI is InChI=1S/C15H21ClN2OS/c1-3-7-17-9-12-6-8-19-14(12)11-18(2)10-13-4-5-15(16)20-13/h4-6,8,17H,3,7,9-11H2,1-2H3. The van der Waals surface area contributed by atoms with Crippen molar-refractivity contribution in [2.24, 2.45) is 0 Å². The van der Waals surface area contributed by atoms with E-state index in [1.807, 2.05) is 12.1 Å². The van der Waals surface area contributed by atoms with Crippen molar-refractivity contribution in [3.63, 3.8) is 0 Å². The van der Waals surface area contributed by atoms with Crippen LogP contribution in [0.15, 0.2) is 28.9 Å². The summed E-state index contributed by atoms with van der Waals surface area (Å²) in [4.78, 5) is 3.51. The number of nitrogens with zero attached hydrogens (tertiary/aromatic N) is 1. The molecule has 1 N–H and O–H groups in total. The number of halogens is 1. The van der Waals surface area contributed by atoms with Crippen LogP contribution < -0.4 is 5.32 Å². The zero-order valence-corrected chi connectivity index (χ0v) is 13.6. The summed E-state index contributed by atoms with van der Waals surface area (Å²) in [6.07, 6.45) is 2.92. The van der Waals surface area contributed by atoms with Crippen molar-refractivity contribution >= 4 is 22.9 Å². The minimum Gasteiger partial charge on any atom is -0.468 e. The maximum absolute atomic E-state index is 5.96. The van der Waals surface area contributed by atoms with E-state index in [2.05, 4.69) is 30.3 Å². The maximum atomic E-state index is 5.96. The summed E-state index contributed by atoms with van der Waals surface area (Å²) in [5, 5.41) is 3.41. The third kappa shape index (κ3) is 4.63. The van der Waals surface area contributed by atoms with E-state index in [-0.39, 0.29) is 0 Å². The van der Waals surface area contributed by atoms with Gasteiger partial charge in [0, 0.05) is 23.5 Å². The van der Waals surface area contributed by atoms with Crippen LogP contribution in [-0.2, 0) is 19.6 Å². The van der Waals surface area contributed by atoms with Crippen LogP contribution in [0.25, 0.3) is 0 Å². The molecule has 2 aromatic heterocycles. The average Bonchev–Trinajstić information content (AvgIpc) is 3.00. The van der Waals surface area contributed by atoms with Crippen LogP contribution in [0.4, 0.5) is 0 Å². The second-order valence-electron chi connectivity index (χ2n) is 4.92. The number of hydrogen-bond acceptors (Lipinski definition) is 4. The van der Waals surface area contributed by atoms with Crippen LogP contribution >= 0.6 is 22.9 Å². The van der Waals surface area contributed by atoms with Gasteiger partial charge in [-0.2, -0.15) is 0 Å². The fourth-order valence-electron chi connectivity index (χ4n) is 2.07. The van der Waals surface area contributed by atoms with Gasteiger partial charge in [0.2, 0.25) is 0 Å². The van der Waals surface area contributed by atoms with Crippen molar-refractivity contribution in [2.75, 3.05) is 13.6 Å². The quantitative estimate of drug-likeness (QED) is 0.743. The molecule has 2 aromatic rings. The molecule has 0 saturated carbocycles. The molecule has 0 aliphatic rings. The summed E-state index contributed by atoms with van der Waals surface area (Å²) in [6.45, 7) is 5.78. The molecule has 0 amide bonds. The number of thiophene rings is 1. The molecule has 110 valence electrons. The number of rotatable bonds is 8. The molecule has 0 aliphatic carbocycles. The highest BCUT2D eigenvalue weighted by Gasteiger charge is 2.10. The summed E-state index contributed by atoms with van der Waals surface area (Å²) < 4.78 is 6.45. The fraction of sp³-hybridized carbons (Fsp3) is 0.467.